The Morgan fingerprint density at radius 1 is 0.962 bits per heavy atom. The Labute approximate surface area is 152 Å². The Bertz CT molecular complexity index is 870. The number of hydrogen-bond donors (Lipinski definition) is 3. The van der Waals surface area contributed by atoms with Crippen LogP contribution in [0.15, 0.2) is 48.5 Å². The number of carbonyl (C=O) groups is 1. The van der Waals surface area contributed by atoms with E-state index in [1.807, 2.05) is 0 Å². The largest absolute Gasteiger partial charge is 0.332 e. The average molecular weight is 379 g/mol. The topological polar surface area (TPSA) is 87.3 Å². The van der Waals surface area contributed by atoms with E-state index in [0.29, 0.717) is 5.69 Å². The highest BCUT2D eigenvalue weighted by Crippen LogP contribution is 2.18. The number of nitrogens with one attached hydrogen (secondary N) is 3. The molecular weight excluding hydrogens is 357 g/mol. The maximum Gasteiger partial charge on any atom is 0.315 e. The van der Waals surface area contributed by atoms with Crippen LogP contribution in [0.2, 0.25) is 0 Å². The lowest BCUT2D eigenvalue weighted by Crippen LogP contribution is -2.38. The van der Waals surface area contributed by atoms with Gasteiger partial charge in [0.1, 0.15) is 5.82 Å². The molecular formula is C18H22FN3O3S. The van der Waals surface area contributed by atoms with E-state index in [-0.39, 0.29) is 23.9 Å². The quantitative estimate of drug-likeness (QED) is 0.719. The first-order valence-electron chi connectivity index (χ1n) is 8.04. The van der Waals surface area contributed by atoms with Crippen molar-refractivity contribution in [2.45, 2.75) is 25.9 Å². The lowest BCUT2D eigenvalue weighted by molar-refractivity contribution is 0.235. The van der Waals surface area contributed by atoms with E-state index in [1.165, 1.54) is 12.1 Å². The number of anilines is 1. The van der Waals surface area contributed by atoms with Crippen molar-refractivity contribution in [1.82, 2.24) is 10.6 Å². The van der Waals surface area contributed by atoms with Gasteiger partial charge in [0.15, 0.2) is 0 Å². The molecule has 3 N–H and O–H groups in total. The van der Waals surface area contributed by atoms with Gasteiger partial charge >= 0.3 is 6.03 Å². The zero-order chi connectivity index (χ0) is 19.3. The van der Waals surface area contributed by atoms with Crippen molar-refractivity contribution in [3.8, 4) is 0 Å². The molecule has 6 nitrogen and oxygen atoms in total. The molecule has 0 fully saturated rings. The molecule has 0 saturated carbocycles. The third-order valence-corrected chi connectivity index (χ3v) is 4.36. The molecule has 2 amide bonds. The maximum atomic E-state index is 13.0. The van der Waals surface area contributed by atoms with Gasteiger partial charge in [-0.1, -0.05) is 24.3 Å². The molecule has 0 radical (unpaired) electrons. The molecule has 0 heterocycles. The molecule has 140 valence electrons. The minimum atomic E-state index is -3.37. The first-order valence-corrected chi connectivity index (χ1v) is 9.93. The summed E-state index contributed by atoms with van der Waals surface area (Å²) < 4.78 is 38.0. The molecule has 0 spiro atoms. The van der Waals surface area contributed by atoms with Gasteiger partial charge in [0.25, 0.3) is 0 Å². The number of amides is 2. The van der Waals surface area contributed by atoms with Crippen LogP contribution in [0, 0.1) is 5.82 Å². The van der Waals surface area contributed by atoms with E-state index in [0.717, 1.165) is 17.4 Å². The van der Waals surface area contributed by atoms with E-state index in [2.05, 4.69) is 15.4 Å². The van der Waals surface area contributed by atoms with E-state index < -0.39 is 10.0 Å². The molecule has 8 heteroatoms. The molecule has 2 aromatic carbocycles. The van der Waals surface area contributed by atoms with Crippen LogP contribution in [0.25, 0.3) is 0 Å². The molecule has 0 bridgehead atoms. The van der Waals surface area contributed by atoms with Crippen molar-refractivity contribution in [2.75, 3.05) is 11.0 Å². The summed E-state index contributed by atoms with van der Waals surface area (Å²) >= 11 is 0. The van der Waals surface area contributed by atoms with Crippen molar-refractivity contribution < 1.29 is 17.6 Å². The molecule has 2 rings (SSSR count). The molecule has 0 saturated heterocycles. The highest BCUT2D eigenvalue weighted by Gasteiger charge is 2.14. The normalized spacial score (nSPS) is 13.5. The molecule has 2 atom stereocenters. The van der Waals surface area contributed by atoms with Gasteiger partial charge in [-0.05, 0) is 49.2 Å². The number of urea groups is 1. The highest BCUT2D eigenvalue weighted by atomic mass is 32.2. The fourth-order valence-corrected chi connectivity index (χ4v) is 2.99. The number of halogens is 1. The predicted molar refractivity (Wildman–Crippen MR) is 99.8 cm³/mol. The Morgan fingerprint density at radius 3 is 2.12 bits per heavy atom. The number of sulfonamides is 1. The first-order chi connectivity index (χ1) is 12.1. The number of carbonyl (C=O) groups excluding carboxylic acids is 1. The number of benzene rings is 2. The molecule has 0 aliphatic rings. The third kappa shape index (κ3) is 6.03. The fraction of sp³-hybridized carbons (Fsp3) is 0.278. The summed E-state index contributed by atoms with van der Waals surface area (Å²) in [4.78, 5) is 12.2. The summed E-state index contributed by atoms with van der Waals surface area (Å²) in [6, 6.07) is 11.7. The van der Waals surface area contributed by atoms with Crippen molar-refractivity contribution in [1.29, 1.82) is 0 Å². The van der Waals surface area contributed by atoms with E-state index in [4.69, 9.17) is 0 Å². The molecule has 0 aromatic heterocycles. The van der Waals surface area contributed by atoms with E-state index in [9.17, 15) is 17.6 Å². The van der Waals surface area contributed by atoms with Crippen molar-refractivity contribution in [2.24, 2.45) is 0 Å². The Morgan fingerprint density at radius 2 is 1.54 bits per heavy atom. The monoisotopic (exact) mass is 379 g/mol. The summed E-state index contributed by atoms with van der Waals surface area (Å²) in [7, 11) is -3.37. The van der Waals surface area contributed by atoms with Gasteiger partial charge in [-0.3, -0.25) is 4.72 Å². The van der Waals surface area contributed by atoms with E-state index >= 15 is 0 Å². The molecule has 26 heavy (non-hydrogen) atoms. The van der Waals surface area contributed by atoms with Crippen LogP contribution in [0.3, 0.4) is 0 Å². The van der Waals surface area contributed by atoms with Crippen LogP contribution < -0.4 is 15.4 Å². The second-order valence-corrected chi connectivity index (χ2v) is 7.86. The lowest BCUT2D eigenvalue weighted by Gasteiger charge is -2.19. The van der Waals surface area contributed by atoms with Crippen LogP contribution in [-0.2, 0) is 10.0 Å². The fourth-order valence-electron chi connectivity index (χ4n) is 2.44. The minimum Gasteiger partial charge on any atom is -0.332 e. The summed E-state index contributed by atoms with van der Waals surface area (Å²) in [6.07, 6.45) is 1.08. The van der Waals surface area contributed by atoms with Gasteiger partial charge in [0.2, 0.25) is 10.0 Å². The smallest absolute Gasteiger partial charge is 0.315 e. The van der Waals surface area contributed by atoms with Gasteiger partial charge in [-0.25, -0.2) is 17.6 Å². The van der Waals surface area contributed by atoms with Gasteiger partial charge in [0.05, 0.1) is 18.3 Å². The lowest BCUT2D eigenvalue weighted by atomic mass is 10.1. The summed E-state index contributed by atoms with van der Waals surface area (Å²) in [5.74, 6) is -0.332. The van der Waals surface area contributed by atoms with Crippen LogP contribution in [-0.4, -0.2) is 20.7 Å². The number of rotatable bonds is 6. The summed E-state index contributed by atoms with van der Waals surface area (Å²) in [5.41, 5.74) is 1.97. The van der Waals surface area contributed by atoms with Gasteiger partial charge in [-0.2, -0.15) is 0 Å². The van der Waals surface area contributed by atoms with E-state index in [1.54, 1.807) is 50.2 Å². The Balaban J connectivity index is 1.98. The zero-order valence-corrected chi connectivity index (χ0v) is 15.6. The number of hydrogen-bond acceptors (Lipinski definition) is 3. The second-order valence-electron chi connectivity index (χ2n) is 6.11. The van der Waals surface area contributed by atoms with Crippen LogP contribution in [0.4, 0.5) is 14.9 Å². The maximum absolute atomic E-state index is 13.0. The van der Waals surface area contributed by atoms with Gasteiger partial charge in [0, 0.05) is 5.69 Å². The minimum absolute atomic E-state index is 0.291. The summed E-state index contributed by atoms with van der Waals surface area (Å²) in [6.45, 7) is 3.59. The summed E-state index contributed by atoms with van der Waals surface area (Å²) in [5, 5.41) is 5.58. The van der Waals surface area contributed by atoms with Crippen molar-refractivity contribution >= 4 is 21.7 Å². The SMILES string of the molecule is C[C@H](NC(=O)N[C@@H](C)c1cccc(NS(C)(=O)=O)c1)c1ccc(F)cc1. The average Bonchev–Trinajstić information content (AvgIpc) is 2.53. The third-order valence-electron chi connectivity index (χ3n) is 3.76. The van der Waals surface area contributed by atoms with Crippen LogP contribution >= 0.6 is 0 Å². The molecule has 0 aliphatic carbocycles. The second kappa shape index (κ2) is 8.18. The first kappa shape index (κ1) is 19.7. The molecule has 2 aromatic rings. The van der Waals surface area contributed by atoms with Crippen LogP contribution in [0.1, 0.15) is 37.1 Å². The van der Waals surface area contributed by atoms with Gasteiger partial charge in [-0.15, -0.1) is 0 Å². The molecule has 0 unspecified atom stereocenters. The van der Waals surface area contributed by atoms with Crippen LogP contribution in [0.5, 0.6) is 0 Å². The Hall–Kier alpha value is -2.61. The zero-order valence-electron chi connectivity index (χ0n) is 14.8. The van der Waals surface area contributed by atoms with Gasteiger partial charge < -0.3 is 10.6 Å². The van der Waals surface area contributed by atoms with Crippen molar-refractivity contribution in [3.05, 3.63) is 65.5 Å². The highest BCUT2D eigenvalue weighted by molar-refractivity contribution is 7.92. The Kier molecular flexibility index (Phi) is 6.20. The van der Waals surface area contributed by atoms with Crippen molar-refractivity contribution in [3.63, 3.8) is 0 Å². The standard InChI is InChI=1S/C18H22FN3O3S/c1-12(14-7-9-16(19)10-8-14)20-18(23)21-13(2)15-5-4-6-17(11-15)22-26(3,24)25/h4-13,22H,1-3H3,(H2,20,21,23)/t12-,13-/m0/s1. The predicted octanol–water partition coefficient (Wildman–Crippen LogP) is 3.32. The molecule has 0 aliphatic heterocycles.